The van der Waals surface area contributed by atoms with Crippen LogP contribution in [-0.4, -0.2) is 10.1 Å². The molecule has 2 aromatic carbocycles. The Bertz CT molecular complexity index is 824. The first-order valence-corrected chi connectivity index (χ1v) is 7.95. The Morgan fingerprint density at radius 2 is 1.86 bits per heavy atom. The molecule has 0 atom stereocenters. The van der Waals surface area contributed by atoms with Gasteiger partial charge in [-0.15, -0.1) is 11.3 Å². The lowest BCUT2D eigenvalue weighted by Gasteiger charge is -2.05. The second-order valence-electron chi connectivity index (χ2n) is 5.42. The van der Waals surface area contributed by atoms with Crippen molar-refractivity contribution in [3.63, 3.8) is 0 Å². The van der Waals surface area contributed by atoms with Gasteiger partial charge in [0.1, 0.15) is 5.75 Å². The molecule has 4 heteroatoms. The molecule has 3 rings (SSSR count). The van der Waals surface area contributed by atoms with Crippen LogP contribution in [-0.2, 0) is 0 Å². The second kappa shape index (κ2) is 5.81. The third kappa shape index (κ3) is 2.97. The van der Waals surface area contributed by atoms with Gasteiger partial charge in [-0.2, -0.15) is 0 Å². The summed E-state index contributed by atoms with van der Waals surface area (Å²) < 4.78 is 0. The first-order valence-electron chi connectivity index (χ1n) is 7.14. The van der Waals surface area contributed by atoms with Gasteiger partial charge in [0.2, 0.25) is 0 Å². The molecule has 0 aliphatic carbocycles. The van der Waals surface area contributed by atoms with Crippen LogP contribution in [0.5, 0.6) is 5.75 Å². The molecule has 0 amide bonds. The molecular weight excluding hydrogens is 292 g/mol. The molecule has 3 nitrogen and oxygen atoms in total. The van der Waals surface area contributed by atoms with Crippen molar-refractivity contribution < 1.29 is 5.11 Å². The summed E-state index contributed by atoms with van der Waals surface area (Å²) in [6.45, 7) is 6.29. The van der Waals surface area contributed by atoms with Crippen LogP contribution in [0.15, 0.2) is 42.5 Å². The number of nitrogens with zero attached hydrogens (tertiary/aromatic N) is 1. The minimum Gasteiger partial charge on any atom is -0.508 e. The van der Waals surface area contributed by atoms with Crippen molar-refractivity contribution in [2.24, 2.45) is 0 Å². The van der Waals surface area contributed by atoms with Crippen molar-refractivity contribution >= 4 is 22.2 Å². The Morgan fingerprint density at radius 1 is 1.05 bits per heavy atom. The highest BCUT2D eigenvalue weighted by Gasteiger charge is 2.12. The number of aromatic nitrogens is 1. The first kappa shape index (κ1) is 14.6. The largest absolute Gasteiger partial charge is 0.508 e. The molecule has 1 heterocycles. The number of rotatable bonds is 3. The summed E-state index contributed by atoms with van der Waals surface area (Å²) >= 11 is 1.62. The van der Waals surface area contributed by atoms with Gasteiger partial charge in [-0.1, -0.05) is 29.8 Å². The predicted molar refractivity (Wildman–Crippen MR) is 93.2 cm³/mol. The fourth-order valence-electron chi connectivity index (χ4n) is 2.49. The van der Waals surface area contributed by atoms with E-state index in [4.69, 9.17) is 4.98 Å². The number of benzene rings is 2. The number of phenols is 1. The summed E-state index contributed by atoms with van der Waals surface area (Å²) in [6.07, 6.45) is 0. The van der Waals surface area contributed by atoms with E-state index in [9.17, 15) is 5.11 Å². The molecule has 0 aliphatic heterocycles. The predicted octanol–water partition coefficient (Wildman–Crippen LogP) is 5.18. The topological polar surface area (TPSA) is 45.2 Å². The molecule has 2 N–H and O–H groups in total. The van der Waals surface area contributed by atoms with Crippen molar-refractivity contribution in [3.8, 4) is 17.0 Å². The zero-order valence-corrected chi connectivity index (χ0v) is 13.7. The van der Waals surface area contributed by atoms with E-state index in [1.165, 1.54) is 21.6 Å². The summed E-state index contributed by atoms with van der Waals surface area (Å²) in [5, 5.41) is 13.6. The van der Waals surface area contributed by atoms with E-state index >= 15 is 0 Å². The van der Waals surface area contributed by atoms with Crippen LogP contribution in [0.4, 0.5) is 10.8 Å². The molecule has 0 saturated heterocycles. The van der Waals surface area contributed by atoms with Gasteiger partial charge in [0.25, 0.3) is 0 Å². The van der Waals surface area contributed by atoms with Crippen molar-refractivity contribution in [3.05, 3.63) is 58.5 Å². The van der Waals surface area contributed by atoms with Crippen LogP contribution in [0.25, 0.3) is 11.3 Å². The smallest absolute Gasteiger partial charge is 0.187 e. The molecule has 0 saturated carbocycles. The molecule has 0 unspecified atom stereocenters. The number of aryl methyl sites for hydroxylation is 3. The van der Waals surface area contributed by atoms with Crippen LogP contribution in [0.1, 0.15) is 16.0 Å². The number of nitrogens with one attached hydrogen (secondary N) is 1. The maximum absolute atomic E-state index is 9.53. The van der Waals surface area contributed by atoms with E-state index < -0.39 is 0 Å². The fraction of sp³-hybridized carbons (Fsp3) is 0.167. The summed E-state index contributed by atoms with van der Waals surface area (Å²) in [6, 6.07) is 13.5. The van der Waals surface area contributed by atoms with Gasteiger partial charge in [-0.05, 0) is 38.5 Å². The minimum atomic E-state index is 0.243. The Morgan fingerprint density at radius 3 is 2.59 bits per heavy atom. The van der Waals surface area contributed by atoms with E-state index in [1.807, 2.05) is 12.1 Å². The average molecular weight is 310 g/mol. The Balaban J connectivity index is 1.94. The van der Waals surface area contributed by atoms with E-state index in [0.717, 1.165) is 16.5 Å². The highest BCUT2D eigenvalue weighted by molar-refractivity contribution is 7.16. The van der Waals surface area contributed by atoms with Crippen molar-refractivity contribution in [1.82, 2.24) is 4.98 Å². The molecule has 0 radical (unpaired) electrons. The lowest BCUT2D eigenvalue weighted by atomic mass is 10.0. The molecule has 112 valence electrons. The lowest BCUT2D eigenvalue weighted by molar-refractivity contribution is 0.475. The minimum absolute atomic E-state index is 0.243. The molecular formula is C18H18N2OS. The number of phenolic OH excluding ortho intramolecular Hbond substituents is 1. The zero-order chi connectivity index (χ0) is 15.7. The summed E-state index contributed by atoms with van der Waals surface area (Å²) in [7, 11) is 0. The van der Waals surface area contributed by atoms with E-state index in [0.29, 0.717) is 0 Å². The van der Waals surface area contributed by atoms with Gasteiger partial charge in [0.15, 0.2) is 5.13 Å². The van der Waals surface area contributed by atoms with E-state index in [1.54, 1.807) is 23.5 Å². The molecule has 1 aromatic heterocycles. The molecule has 0 spiro atoms. The van der Waals surface area contributed by atoms with Crippen LogP contribution >= 0.6 is 11.3 Å². The van der Waals surface area contributed by atoms with Gasteiger partial charge in [-0.3, -0.25) is 0 Å². The Kier molecular flexibility index (Phi) is 3.86. The summed E-state index contributed by atoms with van der Waals surface area (Å²) in [4.78, 5) is 5.90. The highest BCUT2D eigenvalue weighted by Crippen LogP contribution is 2.34. The van der Waals surface area contributed by atoms with Gasteiger partial charge in [0, 0.05) is 22.2 Å². The molecule has 0 aliphatic rings. The average Bonchev–Trinajstić information content (AvgIpc) is 2.79. The molecule has 3 aromatic rings. The van der Waals surface area contributed by atoms with Crippen molar-refractivity contribution in [2.45, 2.75) is 20.8 Å². The SMILES string of the molecule is Cc1ccc(-c2nc(Nc3cccc(O)c3)sc2C)c(C)c1. The van der Waals surface area contributed by atoms with Crippen LogP contribution < -0.4 is 5.32 Å². The molecule has 0 fully saturated rings. The molecule has 0 bridgehead atoms. The molecule has 22 heavy (non-hydrogen) atoms. The van der Waals surface area contributed by atoms with Crippen molar-refractivity contribution in [1.29, 1.82) is 0 Å². The zero-order valence-electron chi connectivity index (χ0n) is 12.8. The number of anilines is 2. The number of hydrogen-bond donors (Lipinski definition) is 2. The summed E-state index contributed by atoms with van der Waals surface area (Å²) in [5.74, 6) is 0.243. The Labute approximate surface area is 134 Å². The van der Waals surface area contributed by atoms with E-state index in [2.05, 4.69) is 44.3 Å². The summed E-state index contributed by atoms with van der Waals surface area (Å²) in [5.41, 5.74) is 5.51. The maximum atomic E-state index is 9.53. The van der Waals surface area contributed by atoms with Gasteiger partial charge in [-0.25, -0.2) is 4.98 Å². The fourth-order valence-corrected chi connectivity index (χ4v) is 3.33. The second-order valence-corrected chi connectivity index (χ2v) is 6.62. The number of aromatic hydroxyl groups is 1. The van der Waals surface area contributed by atoms with Gasteiger partial charge in [0.05, 0.1) is 5.69 Å². The van der Waals surface area contributed by atoms with Gasteiger partial charge >= 0.3 is 0 Å². The van der Waals surface area contributed by atoms with Crippen LogP contribution in [0.3, 0.4) is 0 Å². The van der Waals surface area contributed by atoms with Crippen molar-refractivity contribution in [2.75, 3.05) is 5.32 Å². The third-order valence-electron chi connectivity index (χ3n) is 3.53. The normalized spacial score (nSPS) is 10.7. The van der Waals surface area contributed by atoms with E-state index in [-0.39, 0.29) is 5.75 Å². The maximum Gasteiger partial charge on any atom is 0.187 e. The van der Waals surface area contributed by atoms with Crippen LogP contribution in [0, 0.1) is 20.8 Å². The van der Waals surface area contributed by atoms with Crippen LogP contribution in [0.2, 0.25) is 0 Å². The third-order valence-corrected chi connectivity index (χ3v) is 4.42. The number of hydrogen-bond acceptors (Lipinski definition) is 4. The highest BCUT2D eigenvalue weighted by atomic mass is 32.1. The Hall–Kier alpha value is -2.33. The quantitative estimate of drug-likeness (QED) is 0.700. The number of thiazole rings is 1. The first-order chi connectivity index (χ1) is 10.5. The standard InChI is InChI=1S/C18H18N2OS/c1-11-7-8-16(12(2)9-11)17-13(3)22-18(20-17)19-14-5-4-6-15(21)10-14/h4-10,21H,1-3H3,(H,19,20). The monoisotopic (exact) mass is 310 g/mol. The van der Waals surface area contributed by atoms with Gasteiger partial charge < -0.3 is 10.4 Å². The lowest BCUT2D eigenvalue weighted by Crippen LogP contribution is -1.90.